The summed E-state index contributed by atoms with van der Waals surface area (Å²) < 4.78 is 4.91. The Balaban J connectivity index is 0. The van der Waals surface area contributed by atoms with Crippen molar-refractivity contribution < 1.29 is 19.4 Å². The van der Waals surface area contributed by atoms with Crippen molar-refractivity contribution in [3.05, 3.63) is 48.6 Å². The van der Waals surface area contributed by atoms with Crippen LogP contribution in [0.15, 0.2) is 48.6 Å². The molecule has 0 aliphatic heterocycles. The van der Waals surface area contributed by atoms with Crippen molar-refractivity contribution in [1.82, 2.24) is 0 Å². The summed E-state index contributed by atoms with van der Waals surface area (Å²) in [6.07, 6.45) is 45.8. The molecule has 0 aliphatic rings. The van der Waals surface area contributed by atoms with E-state index in [2.05, 4.69) is 62.5 Å². The van der Waals surface area contributed by atoms with Crippen LogP contribution in [0.5, 0.6) is 0 Å². The Hall–Kier alpha value is -2.10. The zero-order valence-corrected chi connectivity index (χ0v) is 29.5. The average Bonchev–Trinajstić information content (AvgIpc) is 3.01. The topological polar surface area (TPSA) is 63.6 Å². The number of aliphatic carboxylic acids is 1. The number of allylic oxidation sites excluding steroid dienone is 8. The van der Waals surface area contributed by atoms with Crippen LogP contribution in [-0.2, 0) is 14.3 Å². The summed E-state index contributed by atoms with van der Waals surface area (Å²) in [6.45, 7) is 8.79. The molecular formula is C40H72O4. The van der Waals surface area contributed by atoms with Crippen molar-refractivity contribution in [3.8, 4) is 0 Å². The van der Waals surface area contributed by atoms with Gasteiger partial charge in [-0.15, -0.1) is 0 Å². The molecule has 1 N–H and O–H groups in total. The van der Waals surface area contributed by atoms with Crippen LogP contribution >= 0.6 is 0 Å². The Morgan fingerprint density at radius 2 is 0.955 bits per heavy atom. The molecule has 0 aromatic heterocycles. The first kappa shape index (κ1) is 44.0. The standard InChI is InChI=1S/2C20H36O2/c1-3-5-6-7-8-9-10-11-12-13-14-15-16-17-18-19-20(21)22-4-2;1-3-5-6-7-8-9-10-11-12-13-14-15-16-17-18-19(4-2)20(21)22/h8-9,11-12H,3-7,10,13-19H2,1-2H3;8-9,11-12,19H,3-7,10,13-18H2,1-2H3,(H,21,22)/b2*9-8-,12-11-. The van der Waals surface area contributed by atoms with Crippen molar-refractivity contribution in [1.29, 1.82) is 0 Å². The van der Waals surface area contributed by atoms with Gasteiger partial charge < -0.3 is 9.84 Å². The summed E-state index contributed by atoms with van der Waals surface area (Å²) in [6, 6.07) is 0. The van der Waals surface area contributed by atoms with Crippen LogP contribution in [0.4, 0.5) is 0 Å². The van der Waals surface area contributed by atoms with Gasteiger partial charge in [0.15, 0.2) is 0 Å². The van der Waals surface area contributed by atoms with E-state index >= 15 is 0 Å². The number of esters is 1. The molecular weight excluding hydrogens is 544 g/mol. The highest BCUT2D eigenvalue weighted by Gasteiger charge is 2.13. The second kappa shape index (κ2) is 38.9. The maximum atomic E-state index is 11.1. The molecule has 1 unspecified atom stereocenters. The van der Waals surface area contributed by atoms with Gasteiger partial charge in [-0.25, -0.2) is 0 Å². The molecule has 1 atom stereocenters. The molecule has 4 nitrogen and oxygen atoms in total. The Labute approximate surface area is 273 Å². The van der Waals surface area contributed by atoms with Gasteiger partial charge in [-0.2, -0.15) is 0 Å². The van der Waals surface area contributed by atoms with E-state index < -0.39 is 5.97 Å². The Kier molecular flexibility index (Phi) is 38.9. The van der Waals surface area contributed by atoms with Crippen LogP contribution in [0.25, 0.3) is 0 Å². The first-order chi connectivity index (χ1) is 21.5. The lowest BCUT2D eigenvalue weighted by Crippen LogP contribution is -2.12. The van der Waals surface area contributed by atoms with E-state index in [0.29, 0.717) is 13.0 Å². The minimum absolute atomic E-state index is 0.0480. The summed E-state index contributed by atoms with van der Waals surface area (Å²) in [5.41, 5.74) is 0. The minimum Gasteiger partial charge on any atom is -0.481 e. The summed E-state index contributed by atoms with van der Waals surface area (Å²) in [5, 5.41) is 8.96. The molecule has 0 rings (SSSR count). The van der Waals surface area contributed by atoms with Crippen molar-refractivity contribution in [3.63, 3.8) is 0 Å². The fraction of sp³-hybridized carbons (Fsp3) is 0.750. The molecule has 4 heteroatoms. The van der Waals surface area contributed by atoms with Crippen molar-refractivity contribution in [2.45, 2.75) is 182 Å². The largest absolute Gasteiger partial charge is 0.481 e. The lowest BCUT2D eigenvalue weighted by Gasteiger charge is -2.08. The summed E-state index contributed by atoms with van der Waals surface area (Å²) in [5.74, 6) is -0.814. The van der Waals surface area contributed by atoms with Crippen LogP contribution in [0.1, 0.15) is 182 Å². The highest BCUT2D eigenvalue weighted by molar-refractivity contribution is 5.69. The second-order valence-corrected chi connectivity index (χ2v) is 11.9. The molecule has 0 bridgehead atoms. The molecule has 0 radical (unpaired) electrons. The molecule has 0 aromatic carbocycles. The van der Waals surface area contributed by atoms with Crippen molar-refractivity contribution in [2.24, 2.45) is 5.92 Å². The Bertz CT molecular complexity index is 717. The van der Waals surface area contributed by atoms with Crippen LogP contribution in [-0.4, -0.2) is 23.7 Å². The van der Waals surface area contributed by atoms with Gasteiger partial charge in [0.25, 0.3) is 0 Å². The third-order valence-electron chi connectivity index (χ3n) is 7.73. The maximum absolute atomic E-state index is 11.1. The predicted molar refractivity (Wildman–Crippen MR) is 192 cm³/mol. The van der Waals surface area contributed by atoms with Crippen molar-refractivity contribution in [2.75, 3.05) is 6.61 Å². The zero-order valence-electron chi connectivity index (χ0n) is 29.5. The molecule has 0 aromatic rings. The number of hydrogen-bond acceptors (Lipinski definition) is 3. The SMILES string of the molecule is CCCCC/C=C\C/C=C\CCCCCCC(CC)C(=O)O.CCCCC/C=C\C/C=C\CCCCCCCC(=O)OCC. The van der Waals surface area contributed by atoms with Gasteiger partial charge in [0.05, 0.1) is 12.5 Å². The highest BCUT2D eigenvalue weighted by atomic mass is 16.5. The summed E-state index contributed by atoms with van der Waals surface area (Å²) in [4.78, 5) is 22.0. The van der Waals surface area contributed by atoms with Crippen LogP contribution < -0.4 is 0 Å². The first-order valence-corrected chi connectivity index (χ1v) is 18.5. The van der Waals surface area contributed by atoms with Crippen LogP contribution in [0.2, 0.25) is 0 Å². The van der Waals surface area contributed by atoms with E-state index in [1.807, 2.05) is 13.8 Å². The number of carbonyl (C=O) groups excluding carboxylic acids is 1. The normalized spacial score (nSPS) is 12.4. The lowest BCUT2D eigenvalue weighted by atomic mass is 9.98. The Morgan fingerprint density at radius 3 is 1.36 bits per heavy atom. The number of hydrogen-bond donors (Lipinski definition) is 1. The summed E-state index contributed by atoms with van der Waals surface area (Å²) >= 11 is 0. The quantitative estimate of drug-likeness (QED) is 0.0495. The molecule has 0 heterocycles. The van der Waals surface area contributed by atoms with Crippen molar-refractivity contribution >= 4 is 11.9 Å². The third-order valence-corrected chi connectivity index (χ3v) is 7.73. The van der Waals surface area contributed by atoms with Gasteiger partial charge in [-0.3, -0.25) is 9.59 Å². The van der Waals surface area contributed by atoms with E-state index in [0.717, 1.165) is 57.8 Å². The fourth-order valence-electron chi connectivity index (χ4n) is 4.84. The minimum atomic E-state index is -0.631. The molecule has 0 spiro atoms. The lowest BCUT2D eigenvalue weighted by molar-refractivity contribution is -0.143. The number of carboxylic acids is 1. The highest BCUT2D eigenvalue weighted by Crippen LogP contribution is 2.15. The smallest absolute Gasteiger partial charge is 0.306 e. The number of ether oxygens (including phenoxy) is 1. The second-order valence-electron chi connectivity index (χ2n) is 11.9. The number of carboxylic acid groups (broad SMARTS) is 1. The van der Waals surface area contributed by atoms with E-state index in [9.17, 15) is 9.59 Å². The molecule has 0 fully saturated rings. The number of rotatable bonds is 30. The van der Waals surface area contributed by atoms with E-state index in [1.54, 1.807) is 0 Å². The molecule has 44 heavy (non-hydrogen) atoms. The van der Waals surface area contributed by atoms with E-state index in [1.165, 1.54) is 89.9 Å². The van der Waals surface area contributed by atoms with Gasteiger partial charge in [0, 0.05) is 6.42 Å². The number of unbranched alkanes of at least 4 members (excludes halogenated alkanes) is 15. The van der Waals surface area contributed by atoms with Gasteiger partial charge in [-0.05, 0) is 90.4 Å². The molecule has 256 valence electrons. The van der Waals surface area contributed by atoms with E-state index in [-0.39, 0.29) is 11.9 Å². The fourth-order valence-corrected chi connectivity index (χ4v) is 4.84. The predicted octanol–water partition coefficient (Wildman–Crippen LogP) is 12.9. The third kappa shape index (κ3) is 37.9. The van der Waals surface area contributed by atoms with E-state index in [4.69, 9.17) is 9.84 Å². The van der Waals surface area contributed by atoms with Gasteiger partial charge >= 0.3 is 11.9 Å². The Morgan fingerprint density at radius 1 is 0.545 bits per heavy atom. The average molecular weight is 617 g/mol. The maximum Gasteiger partial charge on any atom is 0.306 e. The first-order valence-electron chi connectivity index (χ1n) is 18.5. The van der Waals surface area contributed by atoms with Crippen LogP contribution in [0.3, 0.4) is 0 Å². The van der Waals surface area contributed by atoms with Gasteiger partial charge in [0.1, 0.15) is 0 Å². The van der Waals surface area contributed by atoms with Gasteiger partial charge in [-0.1, -0.05) is 134 Å². The molecule has 0 saturated heterocycles. The molecule has 0 aliphatic carbocycles. The summed E-state index contributed by atoms with van der Waals surface area (Å²) in [7, 11) is 0. The monoisotopic (exact) mass is 617 g/mol. The zero-order chi connectivity index (χ0) is 32.8. The molecule has 0 amide bonds. The number of carbonyl (C=O) groups is 2. The molecule has 0 saturated carbocycles. The van der Waals surface area contributed by atoms with Gasteiger partial charge in [0.2, 0.25) is 0 Å². The van der Waals surface area contributed by atoms with Crippen LogP contribution in [0, 0.1) is 5.92 Å².